The maximum Gasteiger partial charge on any atom is 0.311 e. The number of likely N-dealkylation sites (N-methyl/N-ethyl adjacent to an activating group) is 1. The average Bonchev–Trinajstić information content (AvgIpc) is 3.14. The minimum Gasteiger partial charge on any atom is -0.461 e. The number of Topliss-reactive ketones (excluding diaryl/α,β-unsaturated/α-hetero) is 1. The summed E-state index contributed by atoms with van der Waals surface area (Å²) in [6, 6.07) is -0.314. The van der Waals surface area contributed by atoms with E-state index in [1.54, 1.807) is 48.5 Å². The third-order valence-electron chi connectivity index (χ3n) is 12.7. The van der Waals surface area contributed by atoms with Crippen molar-refractivity contribution in [1.82, 2.24) is 4.90 Å². The van der Waals surface area contributed by atoms with Gasteiger partial charge in [0.1, 0.15) is 35.3 Å². The Bertz CT molecular complexity index is 1360. The number of nitrogens with zero attached hydrogens (tertiary/aromatic N) is 1. The fourth-order valence-electron chi connectivity index (χ4n) is 9.27. The molecule has 16 nitrogen and oxygen atoms in total. The summed E-state index contributed by atoms with van der Waals surface area (Å²) in [4.78, 5) is 54.5. The van der Waals surface area contributed by atoms with Gasteiger partial charge in [-0.1, -0.05) is 27.7 Å². The molecule has 0 aromatic rings. The SMILES string of the molecule is CC[C@H]1OC(=O)[C@H](C)[C@@H](OC2C[C@@](C)(OC)[C@@H](OC(C)=O)[C@H](C)O2)[C@H](C)[C@@H](O[C@@H]2O[C@H](C)C[C@H](N(C)C)[C@H]2O)[C@@](C)(OC)C[C@@H](C)C(=O)[C@H](C)[C@@H](OC=O)[C@]1(C)O. The van der Waals surface area contributed by atoms with Crippen molar-refractivity contribution in [2.75, 3.05) is 28.3 Å². The lowest BCUT2D eigenvalue weighted by Crippen LogP contribution is -2.62. The van der Waals surface area contributed by atoms with Crippen LogP contribution in [0.2, 0.25) is 0 Å². The first-order valence-corrected chi connectivity index (χ1v) is 20.2. The topological polar surface area (TPSA) is 195 Å². The standard InChI is InChI=1S/C41H71NO15/c1-16-29-41(11,48)35(51-20-43)23(4)31(45)21(2)18-39(9,49-14)34(57-38-32(46)28(42(12)13)17-22(3)52-38)24(5)33(25(6)37(47)55-29)56-30-19-40(10,50-15)36(26(7)53-30)54-27(8)44/h20-26,28-30,32-36,38,46,48H,16-19H2,1-15H3/t21-,22-,23+,24+,25-,26+,28+,29-,30?,32-,33+,34-,35-,36+,38+,39+,40-,41-/m1/s1. The molecule has 3 aliphatic heterocycles. The van der Waals surface area contributed by atoms with E-state index >= 15 is 0 Å². The first kappa shape index (κ1) is 49.1. The van der Waals surface area contributed by atoms with Gasteiger partial charge in [-0.05, 0) is 74.9 Å². The molecule has 0 aromatic carbocycles. The minimum absolute atomic E-state index is 0.0681. The molecule has 0 saturated carbocycles. The number of aliphatic hydroxyl groups is 2. The molecule has 1 unspecified atom stereocenters. The Kier molecular flexibility index (Phi) is 17.1. The van der Waals surface area contributed by atoms with Crippen molar-refractivity contribution < 1.29 is 72.0 Å². The summed E-state index contributed by atoms with van der Waals surface area (Å²) < 4.78 is 55.6. The van der Waals surface area contributed by atoms with Crippen LogP contribution in [-0.2, 0) is 61.8 Å². The molecule has 3 aliphatic rings. The Labute approximate surface area is 338 Å². The van der Waals surface area contributed by atoms with Crippen molar-refractivity contribution in [2.24, 2.45) is 23.7 Å². The Hall–Kier alpha value is -2.28. The van der Waals surface area contributed by atoms with Crippen molar-refractivity contribution in [1.29, 1.82) is 0 Å². The van der Waals surface area contributed by atoms with Gasteiger partial charge in [0.25, 0.3) is 6.47 Å². The summed E-state index contributed by atoms with van der Waals surface area (Å²) in [5.41, 5.74) is -4.34. The van der Waals surface area contributed by atoms with Crippen LogP contribution >= 0.6 is 0 Å². The first-order valence-electron chi connectivity index (χ1n) is 20.2. The normalized spacial score (nSPS) is 45.5. The number of methoxy groups -OCH3 is 2. The van der Waals surface area contributed by atoms with Gasteiger partial charge in [-0.3, -0.25) is 19.2 Å². The fraction of sp³-hybridized carbons (Fsp3) is 0.902. The van der Waals surface area contributed by atoms with Gasteiger partial charge in [0.2, 0.25) is 0 Å². The van der Waals surface area contributed by atoms with Crippen LogP contribution < -0.4 is 0 Å². The van der Waals surface area contributed by atoms with E-state index in [0.29, 0.717) is 6.42 Å². The lowest BCUT2D eigenvalue weighted by atomic mass is 9.73. The highest BCUT2D eigenvalue weighted by molar-refractivity contribution is 5.84. The summed E-state index contributed by atoms with van der Waals surface area (Å²) in [7, 11) is 6.73. The van der Waals surface area contributed by atoms with E-state index in [2.05, 4.69) is 0 Å². The van der Waals surface area contributed by atoms with E-state index in [1.807, 2.05) is 32.8 Å². The van der Waals surface area contributed by atoms with E-state index in [9.17, 15) is 29.4 Å². The molecule has 0 radical (unpaired) electrons. The molecule has 0 aromatic heterocycles. The smallest absolute Gasteiger partial charge is 0.311 e. The number of hydrogen-bond acceptors (Lipinski definition) is 16. The second-order valence-corrected chi connectivity index (χ2v) is 17.4. The van der Waals surface area contributed by atoms with Crippen LogP contribution in [0.15, 0.2) is 0 Å². The zero-order valence-corrected chi connectivity index (χ0v) is 36.7. The molecule has 0 aliphatic carbocycles. The monoisotopic (exact) mass is 817 g/mol. The number of cyclic esters (lactones) is 1. The molecular formula is C41H71NO15. The number of hydrogen-bond donors (Lipinski definition) is 2. The first-order chi connectivity index (χ1) is 26.4. The molecule has 330 valence electrons. The predicted molar refractivity (Wildman–Crippen MR) is 206 cm³/mol. The summed E-state index contributed by atoms with van der Waals surface area (Å²) >= 11 is 0. The van der Waals surface area contributed by atoms with Gasteiger partial charge in [-0.2, -0.15) is 0 Å². The van der Waals surface area contributed by atoms with Gasteiger partial charge >= 0.3 is 11.9 Å². The van der Waals surface area contributed by atoms with Crippen molar-refractivity contribution in [3.8, 4) is 0 Å². The molecule has 0 bridgehead atoms. The molecular weight excluding hydrogens is 746 g/mol. The third kappa shape index (κ3) is 10.9. The van der Waals surface area contributed by atoms with Crippen LogP contribution in [0.3, 0.4) is 0 Å². The molecule has 18 atom stereocenters. The number of esters is 2. The molecule has 3 saturated heterocycles. The van der Waals surface area contributed by atoms with Crippen LogP contribution in [0.25, 0.3) is 0 Å². The third-order valence-corrected chi connectivity index (χ3v) is 12.7. The highest BCUT2D eigenvalue weighted by Crippen LogP contribution is 2.42. The predicted octanol–water partition coefficient (Wildman–Crippen LogP) is 3.19. The lowest BCUT2D eigenvalue weighted by molar-refractivity contribution is -0.320. The van der Waals surface area contributed by atoms with Crippen LogP contribution in [0.1, 0.15) is 102 Å². The summed E-state index contributed by atoms with van der Waals surface area (Å²) in [5.74, 6) is -5.19. The zero-order valence-electron chi connectivity index (χ0n) is 36.7. The molecule has 57 heavy (non-hydrogen) atoms. The van der Waals surface area contributed by atoms with E-state index in [0.717, 1.165) is 0 Å². The van der Waals surface area contributed by atoms with Crippen molar-refractivity contribution in [2.45, 2.75) is 186 Å². The van der Waals surface area contributed by atoms with Crippen LogP contribution in [0.4, 0.5) is 0 Å². The van der Waals surface area contributed by atoms with Gasteiger partial charge in [0, 0.05) is 45.4 Å². The summed E-state index contributed by atoms with van der Waals surface area (Å²) in [6.45, 7) is 18.5. The Morgan fingerprint density at radius 3 is 2.04 bits per heavy atom. The highest BCUT2D eigenvalue weighted by Gasteiger charge is 2.55. The van der Waals surface area contributed by atoms with Crippen LogP contribution in [0.5, 0.6) is 0 Å². The fourth-order valence-corrected chi connectivity index (χ4v) is 9.27. The molecule has 16 heteroatoms. The Morgan fingerprint density at radius 1 is 0.912 bits per heavy atom. The van der Waals surface area contributed by atoms with Crippen molar-refractivity contribution in [3.05, 3.63) is 0 Å². The molecule has 3 heterocycles. The van der Waals surface area contributed by atoms with Gasteiger partial charge in [0.05, 0.1) is 41.9 Å². The lowest BCUT2D eigenvalue weighted by Gasteiger charge is -2.50. The number of rotatable bonds is 11. The van der Waals surface area contributed by atoms with Gasteiger partial charge in [-0.25, -0.2) is 0 Å². The molecule has 3 fully saturated rings. The minimum atomic E-state index is -1.98. The maximum atomic E-state index is 14.4. The van der Waals surface area contributed by atoms with Gasteiger partial charge in [0.15, 0.2) is 18.7 Å². The zero-order chi connectivity index (χ0) is 43.4. The number of carbonyl (C=O) groups is 4. The quantitative estimate of drug-likeness (QED) is 0.175. The number of aliphatic hydroxyl groups excluding tert-OH is 1. The van der Waals surface area contributed by atoms with E-state index in [-0.39, 0.29) is 43.7 Å². The second-order valence-electron chi connectivity index (χ2n) is 17.4. The molecule has 3 rings (SSSR count). The number of ketones is 1. The highest BCUT2D eigenvalue weighted by atomic mass is 16.7. The molecule has 0 spiro atoms. The van der Waals surface area contributed by atoms with E-state index in [4.69, 9.17) is 42.6 Å². The van der Waals surface area contributed by atoms with Crippen LogP contribution in [-0.4, -0.2) is 152 Å². The number of ether oxygens (including phenoxy) is 9. The van der Waals surface area contributed by atoms with Crippen LogP contribution in [0, 0.1) is 23.7 Å². The van der Waals surface area contributed by atoms with E-state index in [1.165, 1.54) is 28.1 Å². The Balaban J connectivity index is 2.26. The summed E-state index contributed by atoms with van der Waals surface area (Å²) in [6.07, 6.45) is -8.84. The molecule has 2 N–H and O–H groups in total. The average molecular weight is 818 g/mol. The van der Waals surface area contributed by atoms with Crippen molar-refractivity contribution >= 4 is 24.2 Å². The summed E-state index contributed by atoms with van der Waals surface area (Å²) in [5, 5.41) is 23.6. The van der Waals surface area contributed by atoms with Gasteiger partial charge in [-0.15, -0.1) is 0 Å². The molecule has 0 amide bonds. The maximum absolute atomic E-state index is 14.4. The largest absolute Gasteiger partial charge is 0.461 e. The van der Waals surface area contributed by atoms with E-state index < -0.39 is 108 Å². The van der Waals surface area contributed by atoms with Gasteiger partial charge < -0.3 is 57.7 Å². The second kappa shape index (κ2) is 19.9. The number of carbonyl (C=O) groups excluding carboxylic acids is 4. The Morgan fingerprint density at radius 2 is 1.51 bits per heavy atom. The van der Waals surface area contributed by atoms with Crippen molar-refractivity contribution in [3.63, 3.8) is 0 Å².